The predicted molar refractivity (Wildman–Crippen MR) is 431 cm³/mol. The van der Waals surface area contributed by atoms with Gasteiger partial charge in [-0.05, 0) is 188 Å². The van der Waals surface area contributed by atoms with Crippen molar-refractivity contribution in [1.82, 2.24) is 0 Å². The van der Waals surface area contributed by atoms with Crippen LogP contribution in [0, 0.1) is 0 Å². The second kappa shape index (κ2) is 21.2. The molecular weight excluding hydrogens is 1260 g/mol. The summed E-state index contributed by atoms with van der Waals surface area (Å²) in [7, 11) is 0. The highest BCUT2D eigenvalue weighted by atomic mass is 32.1. The van der Waals surface area contributed by atoms with Crippen molar-refractivity contribution < 1.29 is 4.42 Å². The van der Waals surface area contributed by atoms with Crippen LogP contribution < -0.4 is 62.4 Å². The van der Waals surface area contributed by atoms with Crippen LogP contribution in [0.15, 0.2) is 320 Å². The highest BCUT2D eigenvalue weighted by molar-refractivity contribution is 7.26. The normalized spacial score (nSPS) is 15.1. The van der Waals surface area contributed by atoms with Gasteiger partial charge in [-0.1, -0.05) is 216 Å². The van der Waals surface area contributed by atoms with Crippen molar-refractivity contribution in [2.45, 2.75) is 38.5 Å². The molecule has 480 valence electrons. The SMILES string of the molecule is CC1(C)c2ccccc2N(c2cc3c4c(c2)N(c2ccccc2)c2cc5sc6cc7c(cc6c5cc2B4c2ccccc2N3c2ccccc2)B2c3oc4ccccc4c3N(c3ccccc3)c3cc(N4c5ccccc5C(C)(C)c5ccccc54)cc(c32)N7c2ccccc2)c2ccccc21. The first-order valence-electron chi connectivity index (χ1n) is 35.5. The van der Waals surface area contributed by atoms with Crippen molar-refractivity contribution in [3.05, 3.63) is 338 Å². The number of anilines is 18. The Labute approximate surface area is 597 Å². The summed E-state index contributed by atoms with van der Waals surface area (Å²) in [5.74, 6) is 0. The van der Waals surface area contributed by atoms with Crippen LogP contribution in [-0.2, 0) is 10.8 Å². The maximum absolute atomic E-state index is 7.52. The predicted octanol–water partition coefficient (Wildman–Crippen LogP) is 21.2. The highest BCUT2D eigenvalue weighted by Crippen LogP contribution is 2.58. The van der Waals surface area contributed by atoms with Crippen molar-refractivity contribution in [2.75, 3.05) is 29.4 Å². The Morgan fingerprint density at radius 3 is 1.05 bits per heavy atom. The number of rotatable bonds is 6. The summed E-state index contributed by atoms with van der Waals surface area (Å²) in [6.45, 7) is 9.07. The summed E-state index contributed by atoms with van der Waals surface area (Å²) >= 11 is 1.90. The molecule has 0 amide bonds. The zero-order chi connectivity index (χ0) is 67.4. The van der Waals surface area contributed by atoms with E-state index in [1.54, 1.807) is 0 Å². The van der Waals surface area contributed by atoms with Gasteiger partial charge in [-0.3, -0.25) is 0 Å². The lowest BCUT2D eigenvalue weighted by Crippen LogP contribution is -2.61. The quantitative estimate of drug-likeness (QED) is 0.153. The molecule has 6 aliphatic heterocycles. The largest absolute Gasteiger partial charge is 0.468 e. The lowest BCUT2D eigenvalue weighted by Gasteiger charge is -2.46. The Kier molecular flexibility index (Phi) is 12.0. The molecule has 2 aromatic heterocycles. The first kappa shape index (κ1) is 57.7. The van der Waals surface area contributed by atoms with E-state index in [9.17, 15) is 0 Å². The molecule has 0 fully saturated rings. The van der Waals surface area contributed by atoms with Gasteiger partial charge in [0.2, 0.25) is 0 Å². The molecule has 0 spiro atoms. The molecule has 0 saturated carbocycles. The van der Waals surface area contributed by atoms with Gasteiger partial charge in [0.15, 0.2) is 0 Å². The summed E-state index contributed by atoms with van der Waals surface area (Å²) in [4.78, 5) is 15.3. The third kappa shape index (κ3) is 7.87. The van der Waals surface area contributed by atoms with Gasteiger partial charge >= 0.3 is 0 Å². The summed E-state index contributed by atoms with van der Waals surface area (Å²) in [5, 5.41) is 3.54. The first-order chi connectivity index (χ1) is 50.2. The molecule has 6 aliphatic rings. The molecule has 7 nitrogen and oxygen atoms in total. The van der Waals surface area contributed by atoms with Gasteiger partial charge in [-0.15, -0.1) is 11.3 Å². The van der Waals surface area contributed by atoms with Crippen LogP contribution in [0.5, 0.6) is 0 Å². The summed E-state index contributed by atoms with van der Waals surface area (Å²) in [6.07, 6.45) is 0. The van der Waals surface area contributed by atoms with Crippen LogP contribution in [0.25, 0.3) is 31.1 Å². The van der Waals surface area contributed by atoms with Gasteiger partial charge in [-0.2, -0.15) is 0 Å². The number of para-hydroxylation sites is 10. The maximum Gasteiger partial charge on any atom is 0.297 e. The Bertz CT molecular complexity index is 6130. The fourth-order valence-corrected chi connectivity index (χ4v) is 19.8. The van der Waals surface area contributed by atoms with Crippen LogP contribution in [0.2, 0.25) is 0 Å². The van der Waals surface area contributed by atoms with Crippen LogP contribution in [-0.4, -0.2) is 13.4 Å². The van der Waals surface area contributed by atoms with Crippen LogP contribution in [0.4, 0.5) is 102 Å². The van der Waals surface area contributed by atoms with E-state index in [0.717, 1.165) is 84.9 Å². The molecule has 102 heavy (non-hydrogen) atoms. The minimum Gasteiger partial charge on any atom is -0.468 e. The topological polar surface area (TPSA) is 32.6 Å². The molecule has 0 unspecified atom stereocenters. The standard InChI is InChI=1S/C92H64B2N6OS/c1-91(2)66-38-18-23-43-73(66)98(74-44-24-19-39-67(74)91)61-49-80-87-81(50-61)96(58-31-11-6-12-32-58)78-55-85-64(53-71(78)93(87)70-42-22-27-47-77(70)95(80)57-29-9-5-10-30-57)65-54-72-79(56-86(65)102-85)97(59-33-13-7-14-34-59)82-51-62(99-75-45-25-20-40-68(75)92(3,4)69-41-21-26-46-76(69)99)52-83-88(82)94(72)90-89(63-37-17-28-48-84(63)101-90)100(83)60-35-15-8-16-36-60/h5-56H,1-4H3. The Hall–Kier alpha value is -12.2. The van der Waals surface area contributed by atoms with Crippen molar-refractivity contribution >= 4 is 191 Å². The molecule has 0 N–H and O–H groups in total. The van der Waals surface area contributed by atoms with Crippen molar-refractivity contribution in [3.63, 3.8) is 0 Å². The third-order valence-electron chi connectivity index (χ3n) is 23.1. The third-order valence-corrected chi connectivity index (χ3v) is 24.2. The molecule has 0 aliphatic carbocycles. The fourth-order valence-electron chi connectivity index (χ4n) is 18.7. The smallest absolute Gasteiger partial charge is 0.297 e. The molecule has 0 atom stereocenters. The van der Waals surface area contributed by atoms with Gasteiger partial charge < -0.3 is 33.8 Å². The molecule has 0 bridgehead atoms. The van der Waals surface area contributed by atoms with Crippen LogP contribution in [0.3, 0.4) is 0 Å². The second-order valence-electron chi connectivity index (χ2n) is 29.1. The van der Waals surface area contributed by atoms with Crippen molar-refractivity contribution in [3.8, 4) is 0 Å². The molecule has 0 saturated heterocycles. The number of benzene rings is 14. The van der Waals surface area contributed by atoms with E-state index in [2.05, 4.69) is 373 Å². The summed E-state index contributed by atoms with van der Waals surface area (Å²) < 4.78 is 9.97. The lowest BCUT2D eigenvalue weighted by molar-refractivity contribution is 0.632. The zero-order valence-electron chi connectivity index (χ0n) is 56.7. The number of nitrogens with zero attached hydrogens (tertiary/aromatic N) is 6. The minimum absolute atomic E-state index is 0.130. The van der Waals surface area contributed by atoms with Gasteiger partial charge in [0, 0.05) is 88.2 Å². The van der Waals surface area contributed by atoms with E-state index in [1.165, 1.54) is 104 Å². The molecule has 22 rings (SSSR count). The van der Waals surface area contributed by atoms with E-state index >= 15 is 0 Å². The fraction of sp³-hybridized carbons (Fsp3) is 0.0652. The molecule has 14 aromatic carbocycles. The Balaban J connectivity index is 0.820. The number of thiophene rings is 1. The van der Waals surface area contributed by atoms with E-state index in [-0.39, 0.29) is 24.3 Å². The number of hydrogen-bond donors (Lipinski definition) is 0. The number of furan rings is 1. The van der Waals surface area contributed by atoms with Crippen molar-refractivity contribution in [2.24, 2.45) is 0 Å². The summed E-state index contributed by atoms with van der Waals surface area (Å²) in [5.41, 5.74) is 33.1. The van der Waals surface area contributed by atoms with Gasteiger partial charge in [-0.25, -0.2) is 0 Å². The average Bonchev–Trinajstić information content (AvgIpc) is 1.21. The monoisotopic (exact) mass is 1320 g/mol. The Morgan fingerprint density at radius 1 is 0.265 bits per heavy atom. The van der Waals surface area contributed by atoms with E-state index < -0.39 is 0 Å². The maximum atomic E-state index is 7.52. The number of hydrogen-bond acceptors (Lipinski definition) is 8. The molecular formula is C92H64B2N6OS. The van der Waals surface area contributed by atoms with Gasteiger partial charge in [0.1, 0.15) is 5.58 Å². The van der Waals surface area contributed by atoms with E-state index in [4.69, 9.17) is 4.42 Å². The lowest BCUT2D eigenvalue weighted by atomic mass is 9.33. The molecule has 10 heteroatoms. The second-order valence-corrected chi connectivity index (χ2v) is 30.2. The Morgan fingerprint density at radius 2 is 0.598 bits per heavy atom. The highest BCUT2D eigenvalue weighted by Gasteiger charge is 2.50. The minimum atomic E-state index is -0.297. The van der Waals surface area contributed by atoms with Crippen LogP contribution >= 0.6 is 11.3 Å². The van der Waals surface area contributed by atoms with Gasteiger partial charge in [0.05, 0.1) is 45.5 Å². The molecule has 8 heterocycles. The average molecular weight is 1320 g/mol. The molecule has 0 radical (unpaired) electrons. The van der Waals surface area contributed by atoms with Crippen LogP contribution in [0.1, 0.15) is 49.9 Å². The number of fused-ring (bicyclic) bond motifs is 17. The van der Waals surface area contributed by atoms with E-state index in [0.29, 0.717) is 0 Å². The molecule has 16 aromatic rings. The van der Waals surface area contributed by atoms with Gasteiger partial charge in [0.25, 0.3) is 13.4 Å². The van der Waals surface area contributed by atoms with E-state index in [1.807, 2.05) is 11.3 Å². The first-order valence-corrected chi connectivity index (χ1v) is 36.4. The summed E-state index contributed by atoms with van der Waals surface area (Å²) in [6, 6.07) is 118. The van der Waals surface area contributed by atoms with Crippen molar-refractivity contribution in [1.29, 1.82) is 0 Å². The zero-order valence-corrected chi connectivity index (χ0v) is 57.5.